The van der Waals surface area contributed by atoms with E-state index in [2.05, 4.69) is 10.6 Å². The van der Waals surface area contributed by atoms with Crippen molar-refractivity contribution in [2.75, 3.05) is 26.3 Å². The molecule has 0 atom stereocenters. The van der Waals surface area contributed by atoms with Gasteiger partial charge in [0.2, 0.25) is 5.91 Å². The summed E-state index contributed by atoms with van der Waals surface area (Å²) >= 11 is 0. The number of hydrogen-bond acceptors (Lipinski definition) is 4. The van der Waals surface area contributed by atoms with Crippen molar-refractivity contribution in [3.05, 3.63) is 35.6 Å². The summed E-state index contributed by atoms with van der Waals surface area (Å²) in [5.41, 5.74) is 5.10. The Labute approximate surface area is 140 Å². The first-order valence-corrected chi connectivity index (χ1v) is 7.20. The summed E-state index contributed by atoms with van der Waals surface area (Å²) in [6.45, 7) is 1.37. The number of rotatable bonds is 5. The fraction of sp³-hybridized carbons (Fsp3) is 0.467. The molecule has 6 nitrogen and oxygen atoms in total. The molecule has 1 aromatic rings. The zero-order chi connectivity index (χ0) is 16.0. The number of halogens is 2. The lowest BCUT2D eigenvalue weighted by atomic mass is 9.90. The Hall–Kier alpha value is -1.70. The van der Waals surface area contributed by atoms with Crippen LogP contribution in [0.2, 0.25) is 0 Å². The van der Waals surface area contributed by atoms with Crippen molar-refractivity contribution < 1.29 is 18.7 Å². The number of benzene rings is 1. The molecule has 0 saturated carbocycles. The molecular weight excluding hydrogens is 325 g/mol. The first-order valence-electron chi connectivity index (χ1n) is 7.20. The Kier molecular flexibility index (Phi) is 7.41. The van der Waals surface area contributed by atoms with E-state index in [0.29, 0.717) is 26.1 Å². The molecule has 1 aliphatic heterocycles. The van der Waals surface area contributed by atoms with Gasteiger partial charge in [-0.1, -0.05) is 12.1 Å². The van der Waals surface area contributed by atoms with E-state index in [1.54, 1.807) is 6.07 Å². The van der Waals surface area contributed by atoms with Crippen LogP contribution in [0.25, 0.3) is 0 Å². The lowest BCUT2D eigenvalue weighted by Crippen LogP contribution is -2.57. The van der Waals surface area contributed by atoms with Crippen LogP contribution in [0.5, 0.6) is 0 Å². The molecule has 0 radical (unpaired) electrons. The average Bonchev–Trinajstić information content (AvgIpc) is 2.52. The summed E-state index contributed by atoms with van der Waals surface area (Å²) in [7, 11) is 0. The van der Waals surface area contributed by atoms with Crippen LogP contribution in [0.15, 0.2) is 24.3 Å². The second kappa shape index (κ2) is 8.81. The molecule has 23 heavy (non-hydrogen) atoms. The maximum absolute atomic E-state index is 13.4. The Balaban J connectivity index is 0.00000264. The summed E-state index contributed by atoms with van der Waals surface area (Å²) in [6, 6.07) is 5.73. The second-order valence-electron chi connectivity index (χ2n) is 5.26. The predicted molar refractivity (Wildman–Crippen MR) is 86.0 cm³/mol. The third kappa shape index (κ3) is 5.16. The van der Waals surface area contributed by atoms with E-state index in [4.69, 9.17) is 10.5 Å². The van der Waals surface area contributed by atoms with Crippen molar-refractivity contribution in [1.82, 2.24) is 10.6 Å². The number of amides is 2. The molecule has 0 spiro atoms. The molecule has 0 aromatic heterocycles. The monoisotopic (exact) mass is 345 g/mol. The largest absolute Gasteiger partial charge is 0.381 e. The topological polar surface area (TPSA) is 93.5 Å². The number of nitrogens with two attached hydrogens (primary N) is 1. The molecule has 2 amide bonds. The van der Waals surface area contributed by atoms with Gasteiger partial charge in [0.25, 0.3) is 5.91 Å². The first-order chi connectivity index (χ1) is 10.5. The Morgan fingerprint density at radius 2 is 1.78 bits per heavy atom. The van der Waals surface area contributed by atoms with Crippen LogP contribution in [0.3, 0.4) is 0 Å². The molecule has 0 bridgehead atoms. The van der Waals surface area contributed by atoms with Crippen LogP contribution in [0.1, 0.15) is 23.2 Å². The van der Waals surface area contributed by atoms with Gasteiger partial charge in [0, 0.05) is 26.3 Å². The lowest BCUT2D eigenvalue weighted by Gasteiger charge is -2.31. The van der Waals surface area contributed by atoms with Crippen LogP contribution in [-0.2, 0) is 9.53 Å². The van der Waals surface area contributed by atoms with Gasteiger partial charge in [-0.2, -0.15) is 0 Å². The number of hydrogen-bond donors (Lipinski definition) is 3. The Bertz CT molecular complexity index is 551. The van der Waals surface area contributed by atoms with E-state index >= 15 is 0 Å². The lowest BCUT2D eigenvalue weighted by molar-refractivity contribution is -0.129. The van der Waals surface area contributed by atoms with Gasteiger partial charge in [0.1, 0.15) is 5.82 Å². The number of ether oxygens (including phenoxy) is 1. The van der Waals surface area contributed by atoms with Crippen molar-refractivity contribution in [1.29, 1.82) is 0 Å². The Morgan fingerprint density at radius 1 is 1.17 bits per heavy atom. The van der Waals surface area contributed by atoms with E-state index < -0.39 is 17.3 Å². The maximum Gasteiger partial charge on any atom is 0.254 e. The highest BCUT2D eigenvalue weighted by Gasteiger charge is 2.35. The third-order valence-electron chi connectivity index (χ3n) is 3.65. The first kappa shape index (κ1) is 19.3. The molecule has 1 aliphatic rings. The molecule has 0 unspecified atom stereocenters. The van der Waals surface area contributed by atoms with Gasteiger partial charge in [-0.05, 0) is 25.0 Å². The number of nitrogens with one attached hydrogen (secondary N) is 2. The van der Waals surface area contributed by atoms with Crippen molar-refractivity contribution >= 4 is 24.2 Å². The van der Waals surface area contributed by atoms with Crippen molar-refractivity contribution in [2.45, 2.75) is 18.4 Å². The van der Waals surface area contributed by atoms with E-state index in [9.17, 15) is 14.0 Å². The summed E-state index contributed by atoms with van der Waals surface area (Å²) in [5.74, 6) is -1.34. The third-order valence-corrected chi connectivity index (χ3v) is 3.65. The normalized spacial score (nSPS) is 16.1. The summed E-state index contributed by atoms with van der Waals surface area (Å²) in [4.78, 5) is 23.8. The van der Waals surface area contributed by atoms with Crippen LogP contribution < -0.4 is 16.4 Å². The fourth-order valence-corrected chi connectivity index (χ4v) is 2.23. The van der Waals surface area contributed by atoms with E-state index in [1.807, 2.05) is 0 Å². The SMILES string of the molecule is Cl.NC1(C(=O)NCCNC(=O)c2ccccc2F)CCOCC1. The van der Waals surface area contributed by atoms with Gasteiger partial charge >= 0.3 is 0 Å². The molecule has 1 heterocycles. The van der Waals surface area contributed by atoms with Crippen molar-refractivity contribution in [2.24, 2.45) is 5.73 Å². The van der Waals surface area contributed by atoms with Gasteiger partial charge in [-0.15, -0.1) is 12.4 Å². The minimum Gasteiger partial charge on any atom is -0.381 e. The van der Waals surface area contributed by atoms with Crippen LogP contribution in [0.4, 0.5) is 4.39 Å². The van der Waals surface area contributed by atoms with Crippen molar-refractivity contribution in [3.63, 3.8) is 0 Å². The highest BCUT2D eigenvalue weighted by molar-refractivity contribution is 5.94. The highest BCUT2D eigenvalue weighted by Crippen LogP contribution is 2.17. The van der Waals surface area contributed by atoms with Gasteiger partial charge in [-0.25, -0.2) is 4.39 Å². The average molecular weight is 346 g/mol. The minimum atomic E-state index is -0.909. The van der Waals surface area contributed by atoms with Gasteiger partial charge < -0.3 is 21.1 Å². The molecule has 4 N–H and O–H groups in total. The van der Waals surface area contributed by atoms with Crippen LogP contribution >= 0.6 is 12.4 Å². The van der Waals surface area contributed by atoms with E-state index in [0.717, 1.165) is 0 Å². The maximum atomic E-state index is 13.4. The quantitative estimate of drug-likeness (QED) is 0.681. The van der Waals surface area contributed by atoms with E-state index in [-0.39, 0.29) is 37.0 Å². The van der Waals surface area contributed by atoms with E-state index in [1.165, 1.54) is 18.2 Å². The zero-order valence-corrected chi connectivity index (χ0v) is 13.5. The molecule has 0 aliphatic carbocycles. The van der Waals surface area contributed by atoms with Gasteiger partial charge in [0.15, 0.2) is 0 Å². The molecule has 2 rings (SSSR count). The zero-order valence-electron chi connectivity index (χ0n) is 12.6. The van der Waals surface area contributed by atoms with Crippen LogP contribution in [0, 0.1) is 5.82 Å². The summed E-state index contributed by atoms with van der Waals surface area (Å²) < 4.78 is 18.6. The smallest absolute Gasteiger partial charge is 0.254 e. The summed E-state index contributed by atoms with van der Waals surface area (Å²) in [5, 5.41) is 5.24. The standard InChI is InChI=1S/C15H20FN3O3.ClH/c16-12-4-2-1-3-11(12)13(20)18-7-8-19-14(21)15(17)5-9-22-10-6-15;/h1-4H,5-10,17H2,(H,18,20)(H,19,21);1H. The summed E-state index contributed by atoms with van der Waals surface area (Å²) in [6.07, 6.45) is 0.945. The molecule has 8 heteroatoms. The molecule has 1 saturated heterocycles. The van der Waals surface area contributed by atoms with Gasteiger partial charge in [0.05, 0.1) is 11.1 Å². The van der Waals surface area contributed by atoms with Gasteiger partial charge in [-0.3, -0.25) is 9.59 Å². The molecular formula is C15H21ClFN3O3. The van der Waals surface area contributed by atoms with Crippen molar-refractivity contribution in [3.8, 4) is 0 Å². The minimum absolute atomic E-state index is 0. The Morgan fingerprint density at radius 3 is 2.43 bits per heavy atom. The number of carbonyl (C=O) groups excluding carboxylic acids is 2. The number of carbonyl (C=O) groups is 2. The molecule has 1 aromatic carbocycles. The molecule has 1 fully saturated rings. The van der Waals surface area contributed by atoms with Crippen LogP contribution in [-0.4, -0.2) is 43.7 Å². The predicted octanol–water partition coefficient (Wildman–Crippen LogP) is 0.601. The fourth-order valence-electron chi connectivity index (χ4n) is 2.23. The molecule has 128 valence electrons. The highest BCUT2D eigenvalue weighted by atomic mass is 35.5. The second-order valence-corrected chi connectivity index (χ2v) is 5.26.